The first-order chi connectivity index (χ1) is 7.81. The molecule has 0 saturated carbocycles. The number of nitrogens with zero attached hydrogens (tertiary/aromatic N) is 2. The first-order valence-electron chi connectivity index (χ1n) is 4.43. The molecule has 4 N–H and O–H groups in total. The van der Waals surface area contributed by atoms with E-state index in [9.17, 15) is 4.79 Å². The number of hydrazine groups is 1. The Kier molecular flexibility index (Phi) is 2.79. The average molecular weight is 219 g/mol. The van der Waals surface area contributed by atoms with Crippen LogP contribution in [-0.4, -0.2) is 16.0 Å². The highest BCUT2D eigenvalue weighted by Gasteiger charge is 2.11. The van der Waals surface area contributed by atoms with Gasteiger partial charge in [-0.05, 0) is 6.07 Å². The van der Waals surface area contributed by atoms with E-state index < -0.39 is 0 Å². The van der Waals surface area contributed by atoms with Crippen molar-refractivity contribution in [3.63, 3.8) is 0 Å². The molecule has 0 aliphatic heterocycles. The van der Waals surface area contributed by atoms with E-state index in [1.165, 1.54) is 24.7 Å². The van der Waals surface area contributed by atoms with Gasteiger partial charge in [-0.2, -0.15) is 0 Å². The van der Waals surface area contributed by atoms with E-state index in [-0.39, 0.29) is 5.91 Å². The lowest BCUT2D eigenvalue weighted by molar-refractivity contribution is 0.102. The maximum absolute atomic E-state index is 11.8. The zero-order valence-corrected chi connectivity index (χ0v) is 8.18. The van der Waals surface area contributed by atoms with Crippen molar-refractivity contribution in [1.29, 1.82) is 0 Å². The van der Waals surface area contributed by atoms with Gasteiger partial charge in [0.2, 0.25) is 0 Å². The molecule has 0 spiro atoms. The van der Waals surface area contributed by atoms with Crippen molar-refractivity contribution in [2.45, 2.75) is 0 Å². The van der Waals surface area contributed by atoms with Crippen LogP contribution in [0.5, 0.6) is 0 Å². The van der Waals surface area contributed by atoms with Crippen LogP contribution in [-0.2, 0) is 0 Å². The number of carbonyl (C=O) groups is 1. The third-order valence-corrected chi connectivity index (χ3v) is 1.90. The molecule has 0 fully saturated rings. The monoisotopic (exact) mass is 219 g/mol. The van der Waals surface area contributed by atoms with Crippen LogP contribution in [0.25, 0.3) is 0 Å². The van der Waals surface area contributed by atoms with Crippen molar-refractivity contribution in [3.05, 3.63) is 36.4 Å². The first kappa shape index (κ1) is 10.1. The summed E-state index contributed by atoms with van der Waals surface area (Å²) in [5.41, 5.74) is 3.20. The number of nitrogen functional groups attached to an aromatic ring is 1. The SMILES string of the molecule is NNc1cnccc1C(=O)Nc1ccon1. The van der Waals surface area contributed by atoms with Gasteiger partial charge in [-0.15, -0.1) is 0 Å². The Morgan fingerprint density at radius 3 is 3.00 bits per heavy atom. The second-order valence-corrected chi connectivity index (χ2v) is 2.90. The number of carbonyl (C=O) groups excluding carboxylic acids is 1. The van der Waals surface area contributed by atoms with Crippen LogP contribution < -0.4 is 16.6 Å². The van der Waals surface area contributed by atoms with Crippen molar-refractivity contribution >= 4 is 17.4 Å². The number of nitrogens with two attached hydrogens (primary N) is 1. The van der Waals surface area contributed by atoms with Crippen molar-refractivity contribution < 1.29 is 9.32 Å². The second-order valence-electron chi connectivity index (χ2n) is 2.90. The van der Waals surface area contributed by atoms with Gasteiger partial charge in [0.05, 0.1) is 17.4 Å². The van der Waals surface area contributed by atoms with Crippen LogP contribution >= 0.6 is 0 Å². The number of rotatable bonds is 3. The normalized spacial score (nSPS) is 9.81. The van der Waals surface area contributed by atoms with Crippen LogP contribution in [0.3, 0.4) is 0 Å². The van der Waals surface area contributed by atoms with Crippen LogP contribution in [0, 0.1) is 0 Å². The highest BCUT2D eigenvalue weighted by atomic mass is 16.5. The Balaban J connectivity index is 2.21. The van der Waals surface area contributed by atoms with E-state index in [0.29, 0.717) is 17.1 Å². The summed E-state index contributed by atoms with van der Waals surface area (Å²) in [5.74, 6) is 5.25. The van der Waals surface area contributed by atoms with Gasteiger partial charge in [0, 0.05) is 12.3 Å². The Morgan fingerprint density at radius 2 is 2.31 bits per heavy atom. The molecule has 1 amide bonds. The van der Waals surface area contributed by atoms with E-state index >= 15 is 0 Å². The summed E-state index contributed by atoms with van der Waals surface area (Å²) in [6.07, 6.45) is 4.32. The van der Waals surface area contributed by atoms with Gasteiger partial charge in [-0.25, -0.2) is 0 Å². The second kappa shape index (κ2) is 4.41. The molecule has 0 radical (unpaired) electrons. The molecule has 0 unspecified atom stereocenters. The lowest BCUT2D eigenvalue weighted by Crippen LogP contribution is -2.17. The predicted octanol–water partition coefficient (Wildman–Crippen LogP) is 0.607. The fourth-order valence-electron chi connectivity index (χ4n) is 1.17. The summed E-state index contributed by atoms with van der Waals surface area (Å²) < 4.78 is 4.59. The Morgan fingerprint density at radius 1 is 1.44 bits per heavy atom. The van der Waals surface area contributed by atoms with E-state index in [4.69, 9.17) is 5.84 Å². The summed E-state index contributed by atoms with van der Waals surface area (Å²) >= 11 is 0. The quantitative estimate of drug-likeness (QED) is 0.515. The topological polar surface area (TPSA) is 106 Å². The number of amides is 1. The van der Waals surface area contributed by atoms with Gasteiger partial charge in [-0.1, -0.05) is 5.16 Å². The zero-order valence-electron chi connectivity index (χ0n) is 8.18. The Hall–Kier alpha value is -2.41. The third kappa shape index (κ3) is 1.98. The largest absolute Gasteiger partial charge is 0.363 e. The molecule has 0 aliphatic carbocycles. The highest BCUT2D eigenvalue weighted by molar-refractivity contribution is 6.07. The molecule has 82 valence electrons. The van der Waals surface area contributed by atoms with Crippen molar-refractivity contribution in [2.75, 3.05) is 10.7 Å². The lowest BCUT2D eigenvalue weighted by atomic mass is 10.2. The molecule has 16 heavy (non-hydrogen) atoms. The Labute approximate surface area is 90.6 Å². The first-order valence-corrected chi connectivity index (χ1v) is 4.43. The summed E-state index contributed by atoms with van der Waals surface area (Å²) in [6, 6.07) is 3.08. The number of anilines is 2. The number of aromatic nitrogens is 2. The Bertz CT molecular complexity index is 482. The predicted molar refractivity (Wildman–Crippen MR) is 56.5 cm³/mol. The molecule has 0 bridgehead atoms. The fourth-order valence-corrected chi connectivity index (χ4v) is 1.17. The third-order valence-electron chi connectivity index (χ3n) is 1.90. The number of hydrogen-bond donors (Lipinski definition) is 3. The van der Waals surface area contributed by atoms with Crippen molar-refractivity contribution in [1.82, 2.24) is 10.1 Å². The lowest BCUT2D eigenvalue weighted by Gasteiger charge is -2.06. The maximum atomic E-state index is 11.8. The molecule has 2 heterocycles. The minimum atomic E-state index is -0.343. The molecule has 0 atom stereocenters. The van der Waals surface area contributed by atoms with E-state index in [0.717, 1.165) is 0 Å². The molecule has 0 aromatic carbocycles. The standard InChI is InChI=1S/C9H9N5O2/c10-13-7-5-11-3-1-6(7)9(15)12-8-2-4-16-14-8/h1-5,13H,10H2,(H,12,14,15). The smallest absolute Gasteiger partial charge is 0.259 e. The molecule has 0 aliphatic rings. The molecule has 2 rings (SSSR count). The number of pyridine rings is 1. The van der Waals surface area contributed by atoms with Crippen LogP contribution in [0.4, 0.5) is 11.5 Å². The van der Waals surface area contributed by atoms with E-state index in [1.54, 1.807) is 6.07 Å². The number of hydrogen-bond acceptors (Lipinski definition) is 6. The van der Waals surface area contributed by atoms with Crippen LogP contribution in [0.2, 0.25) is 0 Å². The van der Waals surface area contributed by atoms with Crippen LogP contribution in [0.15, 0.2) is 35.3 Å². The van der Waals surface area contributed by atoms with Gasteiger partial charge >= 0.3 is 0 Å². The molecular weight excluding hydrogens is 210 g/mol. The highest BCUT2D eigenvalue weighted by Crippen LogP contribution is 2.13. The molecule has 7 nitrogen and oxygen atoms in total. The summed E-state index contributed by atoms with van der Waals surface area (Å²) in [4.78, 5) is 15.6. The van der Waals surface area contributed by atoms with E-state index in [2.05, 4.69) is 25.4 Å². The van der Waals surface area contributed by atoms with Gasteiger partial charge in [0.25, 0.3) is 5.91 Å². The number of nitrogens with one attached hydrogen (secondary N) is 2. The van der Waals surface area contributed by atoms with Crippen LogP contribution in [0.1, 0.15) is 10.4 Å². The van der Waals surface area contributed by atoms with Gasteiger partial charge in [-0.3, -0.25) is 15.6 Å². The summed E-state index contributed by atoms with van der Waals surface area (Å²) in [7, 11) is 0. The minimum Gasteiger partial charge on any atom is -0.363 e. The molecule has 2 aromatic rings. The maximum Gasteiger partial charge on any atom is 0.259 e. The minimum absolute atomic E-state index is 0.338. The molecule has 0 saturated heterocycles. The molecule has 2 aromatic heterocycles. The molecule has 7 heteroatoms. The van der Waals surface area contributed by atoms with Gasteiger partial charge in [0.1, 0.15) is 6.26 Å². The van der Waals surface area contributed by atoms with E-state index in [1.807, 2.05) is 0 Å². The van der Waals surface area contributed by atoms with Crippen molar-refractivity contribution in [3.8, 4) is 0 Å². The average Bonchev–Trinajstić information content (AvgIpc) is 2.81. The van der Waals surface area contributed by atoms with Gasteiger partial charge < -0.3 is 15.3 Å². The summed E-state index contributed by atoms with van der Waals surface area (Å²) in [5, 5.41) is 6.11. The van der Waals surface area contributed by atoms with Crippen molar-refractivity contribution in [2.24, 2.45) is 5.84 Å². The summed E-state index contributed by atoms with van der Waals surface area (Å²) in [6.45, 7) is 0. The fraction of sp³-hybridized carbons (Fsp3) is 0. The van der Waals surface area contributed by atoms with Gasteiger partial charge in [0.15, 0.2) is 5.82 Å². The zero-order chi connectivity index (χ0) is 11.4. The molecular formula is C9H9N5O2.